The van der Waals surface area contributed by atoms with Gasteiger partial charge in [0.2, 0.25) is 0 Å². The van der Waals surface area contributed by atoms with Crippen molar-refractivity contribution in [3.8, 4) is 56.4 Å². The highest BCUT2D eigenvalue weighted by Gasteiger charge is 2.16. The molecule has 0 atom stereocenters. The number of benzene rings is 8. The second kappa shape index (κ2) is 12.1. The lowest BCUT2D eigenvalue weighted by atomic mass is 9.95. The van der Waals surface area contributed by atoms with Crippen LogP contribution in [0.2, 0.25) is 0 Å². The van der Waals surface area contributed by atoms with E-state index >= 15 is 0 Å². The molecule has 0 spiro atoms. The van der Waals surface area contributed by atoms with E-state index in [1.165, 1.54) is 58.4 Å². The Hall–Kier alpha value is -6.49. The molecule has 0 aliphatic carbocycles. The molecule has 0 amide bonds. The predicted octanol–water partition coefficient (Wildman–Crippen LogP) is 12.9. The first-order valence-corrected chi connectivity index (χ1v) is 17.9. The van der Waals surface area contributed by atoms with E-state index in [1.54, 1.807) is 0 Å². The average Bonchev–Trinajstić information content (AvgIpc) is 3.59. The van der Waals surface area contributed by atoms with Crippen LogP contribution in [0.3, 0.4) is 0 Å². The molecule has 0 aliphatic heterocycles. The smallest absolute Gasteiger partial charge is 0.164 e. The minimum absolute atomic E-state index is 0.651. The molecule has 2 aromatic heterocycles. The first-order chi connectivity index (χ1) is 25.2. The van der Waals surface area contributed by atoms with Crippen molar-refractivity contribution < 1.29 is 0 Å². The Morgan fingerprint density at radius 3 is 1.69 bits per heavy atom. The molecule has 3 nitrogen and oxygen atoms in total. The van der Waals surface area contributed by atoms with Gasteiger partial charge in [-0.15, -0.1) is 11.3 Å². The van der Waals surface area contributed by atoms with Gasteiger partial charge < -0.3 is 0 Å². The topological polar surface area (TPSA) is 38.7 Å². The molecule has 8 aromatic carbocycles. The van der Waals surface area contributed by atoms with Crippen LogP contribution in [-0.4, -0.2) is 15.0 Å². The van der Waals surface area contributed by atoms with E-state index in [0.29, 0.717) is 17.5 Å². The van der Waals surface area contributed by atoms with Crippen molar-refractivity contribution in [3.63, 3.8) is 0 Å². The van der Waals surface area contributed by atoms with Gasteiger partial charge in [0.1, 0.15) is 0 Å². The summed E-state index contributed by atoms with van der Waals surface area (Å²) >= 11 is 1.85. The van der Waals surface area contributed by atoms with Crippen LogP contribution in [0.4, 0.5) is 0 Å². The number of nitrogens with zero attached hydrogens (tertiary/aromatic N) is 3. The van der Waals surface area contributed by atoms with E-state index in [9.17, 15) is 0 Å². The fourth-order valence-electron chi connectivity index (χ4n) is 7.20. The average molecular weight is 668 g/mol. The van der Waals surface area contributed by atoms with Crippen LogP contribution in [0.5, 0.6) is 0 Å². The molecule has 10 rings (SSSR count). The highest BCUT2D eigenvalue weighted by molar-refractivity contribution is 7.26. The van der Waals surface area contributed by atoms with Crippen molar-refractivity contribution in [2.75, 3.05) is 0 Å². The third-order valence-electron chi connectivity index (χ3n) is 9.70. The molecule has 2 heterocycles. The molecule has 0 unspecified atom stereocenters. The lowest BCUT2D eigenvalue weighted by Crippen LogP contribution is -2.00. The van der Waals surface area contributed by atoms with Gasteiger partial charge in [0.15, 0.2) is 17.5 Å². The molecule has 0 saturated carbocycles. The van der Waals surface area contributed by atoms with Gasteiger partial charge >= 0.3 is 0 Å². The highest BCUT2D eigenvalue weighted by Crippen LogP contribution is 2.42. The first-order valence-electron chi connectivity index (χ1n) is 17.1. The highest BCUT2D eigenvalue weighted by atomic mass is 32.1. The second-order valence-corrected chi connectivity index (χ2v) is 13.9. The Morgan fingerprint density at radius 2 is 0.902 bits per heavy atom. The normalized spacial score (nSPS) is 11.5. The molecule has 0 fully saturated rings. The summed E-state index contributed by atoms with van der Waals surface area (Å²) in [4.78, 5) is 14.9. The molecule has 51 heavy (non-hydrogen) atoms. The van der Waals surface area contributed by atoms with Crippen LogP contribution >= 0.6 is 11.3 Å². The van der Waals surface area contributed by atoms with Gasteiger partial charge in [-0.3, -0.25) is 0 Å². The number of rotatable bonds is 5. The maximum absolute atomic E-state index is 5.00. The van der Waals surface area contributed by atoms with E-state index in [4.69, 9.17) is 15.0 Å². The molecular weight excluding hydrogens is 639 g/mol. The summed E-state index contributed by atoms with van der Waals surface area (Å²) in [5.74, 6) is 1.97. The summed E-state index contributed by atoms with van der Waals surface area (Å²) in [5.41, 5.74) is 7.63. The number of aromatic nitrogens is 3. The molecule has 0 N–H and O–H groups in total. The van der Waals surface area contributed by atoms with Gasteiger partial charge in [-0.1, -0.05) is 146 Å². The van der Waals surface area contributed by atoms with Crippen molar-refractivity contribution in [3.05, 3.63) is 176 Å². The van der Waals surface area contributed by atoms with E-state index < -0.39 is 0 Å². The van der Waals surface area contributed by atoms with Gasteiger partial charge in [-0.25, -0.2) is 15.0 Å². The Kier molecular flexibility index (Phi) is 7.00. The summed E-state index contributed by atoms with van der Waals surface area (Å²) in [7, 11) is 0. The quantitative estimate of drug-likeness (QED) is 0.171. The van der Waals surface area contributed by atoms with Crippen LogP contribution in [0, 0.1) is 0 Å². The van der Waals surface area contributed by atoms with Gasteiger partial charge in [0.05, 0.1) is 0 Å². The zero-order valence-electron chi connectivity index (χ0n) is 27.5. The molecule has 0 bridgehead atoms. The van der Waals surface area contributed by atoms with Crippen molar-refractivity contribution in [2.24, 2.45) is 0 Å². The van der Waals surface area contributed by atoms with E-state index in [2.05, 4.69) is 115 Å². The summed E-state index contributed by atoms with van der Waals surface area (Å²) in [6, 6.07) is 62.3. The number of hydrogen-bond donors (Lipinski definition) is 0. The minimum atomic E-state index is 0.651. The molecule has 0 saturated heterocycles. The van der Waals surface area contributed by atoms with Crippen molar-refractivity contribution in [1.29, 1.82) is 0 Å². The van der Waals surface area contributed by atoms with Crippen molar-refractivity contribution in [1.82, 2.24) is 15.0 Å². The number of fused-ring (bicyclic) bond motifs is 6. The molecule has 0 radical (unpaired) electrons. The molecule has 4 heteroatoms. The largest absolute Gasteiger partial charge is 0.208 e. The van der Waals surface area contributed by atoms with Crippen molar-refractivity contribution >= 4 is 53.1 Å². The first kappa shape index (κ1) is 29.4. The summed E-state index contributed by atoms with van der Waals surface area (Å²) in [6.07, 6.45) is 0. The monoisotopic (exact) mass is 667 g/mol. The third-order valence-corrected chi connectivity index (χ3v) is 10.8. The van der Waals surface area contributed by atoms with Gasteiger partial charge in [0.25, 0.3) is 0 Å². The zero-order valence-corrected chi connectivity index (χ0v) is 28.3. The Bertz CT molecular complexity index is 2860. The molecule has 10 aromatic rings. The van der Waals surface area contributed by atoms with E-state index in [0.717, 1.165) is 22.3 Å². The van der Waals surface area contributed by atoms with Crippen molar-refractivity contribution in [2.45, 2.75) is 0 Å². The number of thiophene rings is 1. The SMILES string of the molecule is c1ccc(-c2nc(-c3ccccc3)nc(-c3cccc(-c4cccc5sc6ccc(-c7ccc8c(ccc9ccccc98)c7)cc6c45)c3)n2)cc1. The second-order valence-electron chi connectivity index (χ2n) is 12.8. The Labute approximate surface area is 299 Å². The lowest BCUT2D eigenvalue weighted by molar-refractivity contribution is 1.07. The van der Waals surface area contributed by atoms with Crippen LogP contribution in [0.25, 0.3) is 98.1 Å². The van der Waals surface area contributed by atoms with Crippen LogP contribution in [-0.2, 0) is 0 Å². The van der Waals surface area contributed by atoms with E-state index in [-0.39, 0.29) is 0 Å². The maximum Gasteiger partial charge on any atom is 0.164 e. The van der Waals surface area contributed by atoms with Gasteiger partial charge in [0, 0.05) is 36.9 Å². The van der Waals surface area contributed by atoms with Crippen LogP contribution in [0.15, 0.2) is 176 Å². The number of hydrogen-bond acceptors (Lipinski definition) is 4. The fourth-order valence-corrected chi connectivity index (χ4v) is 8.32. The standard InChI is InChI=1S/C47H29N3S/c1-3-12-31(13-4-1)45-48-46(32-14-5-2-6-15-32)50-47(49-45)37-17-9-16-35(28-37)40-19-10-20-43-44(40)41-29-34(24-26-42(41)51-43)33-23-25-39-36(27-33)22-21-30-11-7-8-18-38(30)39/h1-29H. The molecule has 0 aliphatic rings. The Morgan fingerprint density at radius 1 is 0.314 bits per heavy atom. The van der Waals surface area contributed by atoms with E-state index in [1.807, 2.05) is 72.0 Å². The van der Waals surface area contributed by atoms with Gasteiger partial charge in [-0.2, -0.15) is 0 Å². The maximum atomic E-state index is 5.00. The minimum Gasteiger partial charge on any atom is -0.208 e. The molecular formula is C47H29N3S. The fraction of sp³-hybridized carbons (Fsp3) is 0. The third kappa shape index (κ3) is 5.25. The lowest BCUT2D eigenvalue weighted by Gasteiger charge is -2.11. The summed E-state index contributed by atoms with van der Waals surface area (Å²) in [6.45, 7) is 0. The van der Waals surface area contributed by atoms with Gasteiger partial charge in [-0.05, 0) is 74.1 Å². The van der Waals surface area contributed by atoms with Crippen LogP contribution in [0.1, 0.15) is 0 Å². The summed E-state index contributed by atoms with van der Waals surface area (Å²) in [5, 5.41) is 7.63. The Balaban J connectivity index is 1.10. The molecule has 238 valence electrons. The summed E-state index contributed by atoms with van der Waals surface area (Å²) < 4.78 is 2.55. The predicted molar refractivity (Wildman–Crippen MR) is 215 cm³/mol. The van der Waals surface area contributed by atoms with Crippen LogP contribution < -0.4 is 0 Å². The zero-order chi connectivity index (χ0) is 33.7.